The van der Waals surface area contributed by atoms with Crippen LogP contribution in [-0.2, 0) is 6.18 Å². The number of hydrogen-bond acceptors (Lipinski definition) is 3. The maximum atomic E-state index is 12.8. The molecule has 0 aliphatic carbocycles. The number of anilines is 1. The van der Waals surface area contributed by atoms with Gasteiger partial charge in [0.15, 0.2) is 0 Å². The molecule has 2 aromatic rings. The quantitative estimate of drug-likeness (QED) is 0.945. The van der Waals surface area contributed by atoms with E-state index in [4.69, 9.17) is 4.74 Å². The highest BCUT2D eigenvalue weighted by atomic mass is 19.4. The minimum Gasteiger partial charge on any atom is -0.495 e. The molecule has 7 heteroatoms. The van der Waals surface area contributed by atoms with Crippen LogP contribution in [0.1, 0.15) is 15.9 Å². The number of methoxy groups -OCH3 is 1. The molecule has 1 N–H and O–H groups in total. The first kappa shape index (κ1) is 14.8. The molecule has 0 bridgehead atoms. The molecular weight excluding hydrogens is 285 g/mol. The molecule has 110 valence electrons. The standard InChI is InChI=1S/C14H11F3N2O2/c1-21-10-6-9(7-18-8-10)13(20)19-12-5-3-2-4-11(12)14(15,16)17/h2-8H,1H3,(H,19,20). The Hall–Kier alpha value is -2.57. The molecule has 0 unspecified atom stereocenters. The Kier molecular flexibility index (Phi) is 4.11. The summed E-state index contributed by atoms with van der Waals surface area (Å²) in [5.41, 5.74) is -1.11. The molecule has 0 fully saturated rings. The van der Waals surface area contributed by atoms with E-state index in [9.17, 15) is 18.0 Å². The zero-order valence-corrected chi connectivity index (χ0v) is 10.9. The minimum atomic E-state index is -4.55. The van der Waals surface area contributed by atoms with Crippen LogP contribution in [0.25, 0.3) is 0 Å². The number of alkyl halides is 3. The predicted octanol–water partition coefficient (Wildman–Crippen LogP) is 3.36. The molecule has 0 aliphatic rings. The Morgan fingerprint density at radius 2 is 1.95 bits per heavy atom. The molecule has 0 radical (unpaired) electrons. The van der Waals surface area contributed by atoms with E-state index in [0.29, 0.717) is 5.75 Å². The third kappa shape index (κ3) is 3.50. The van der Waals surface area contributed by atoms with Crippen LogP contribution in [0.5, 0.6) is 5.75 Å². The first-order valence-electron chi connectivity index (χ1n) is 5.88. The number of halogens is 3. The van der Waals surface area contributed by atoms with Crippen molar-refractivity contribution >= 4 is 11.6 Å². The number of rotatable bonds is 3. The van der Waals surface area contributed by atoms with Crippen molar-refractivity contribution in [3.8, 4) is 5.75 Å². The second-order valence-electron chi connectivity index (χ2n) is 4.11. The highest BCUT2D eigenvalue weighted by Crippen LogP contribution is 2.34. The maximum absolute atomic E-state index is 12.8. The largest absolute Gasteiger partial charge is 0.495 e. The van der Waals surface area contributed by atoms with E-state index in [2.05, 4.69) is 10.3 Å². The van der Waals surface area contributed by atoms with E-state index in [1.165, 1.54) is 43.8 Å². The van der Waals surface area contributed by atoms with E-state index in [1.54, 1.807) is 0 Å². The molecular formula is C14H11F3N2O2. The zero-order valence-electron chi connectivity index (χ0n) is 10.9. The zero-order chi connectivity index (χ0) is 15.5. The van der Waals surface area contributed by atoms with Gasteiger partial charge in [0.05, 0.1) is 30.1 Å². The Morgan fingerprint density at radius 1 is 1.24 bits per heavy atom. The smallest absolute Gasteiger partial charge is 0.418 e. The molecule has 21 heavy (non-hydrogen) atoms. The first-order valence-corrected chi connectivity index (χ1v) is 5.88. The summed E-state index contributed by atoms with van der Waals surface area (Å²) in [4.78, 5) is 15.8. The number of amides is 1. The van der Waals surface area contributed by atoms with Gasteiger partial charge in [-0.15, -0.1) is 0 Å². The van der Waals surface area contributed by atoms with Crippen LogP contribution in [0.3, 0.4) is 0 Å². The fourth-order valence-corrected chi connectivity index (χ4v) is 1.69. The Bertz CT molecular complexity index is 657. The van der Waals surface area contributed by atoms with E-state index in [0.717, 1.165) is 6.07 Å². The summed E-state index contributed by atoms with van der Waals surface area (Å²) in [6.45, 7) is 0. The number of carbonyl (C=O) groups is 1. The molecule has 1 amide bonds. The molecule has 4 nitrogen and oxygen atoms in total. The number of pyridine rings is 1. The normalized spacial score (nSPS) is 11.0. The minimum absolute atomic E-state index is 0.103. The van der Waals surface area contributed by atoms with Gasteiger partial charge < -0.3 is 10.1 Å². The van der Waals surface area contributed by atoms with Crippen LogP contribution >= 0.6 is 0 Å². The molecule has 2 rings (SSSR count). The van der Waals surface area contributed by atoms with Crippen molar-refractivity contribution < 1.29 is 22.7 Å². The number of hydrogen-bond donors (Lipinski definition) is 1. The Morgan fingerprint density at radius 3 is 2.62 bits per heavy atom. The van der Waals surface area contributed by atoms with Crippen molar-refractivity contribution in [2.45, 2.75) is 6.18 Å². The van der Waals surface area contributed by atoms with Crippen LogP contribution in [0.4, 0.5) is 18.9 Å². The number of aromatic nitrogens is 1. The van der Waals surface area contributed by atoms with Gasteiger partial charge in [-0.3, -0.25) is 9.78 Å². The number of benzene rings is 1. The summed E-state index contributed by atoms with van der Waals surface area (Å²) < 4.78 is 43.4. The van der Waals surface area contributed by atoms with Crippen LogP contribution in [0, 0.1) is 0 Å². The number of nitrogens with one attached hydrogen (secondary N) is 1. The van der Waals surface area contributed by atoms with Crippen molar-refractivity contribution in [1.29, 1.82) is 0 Å². The van der Waals surface area contributed by atoms with Gasteiger partial charge in [-0.05, 0) is 18.2 Å². The van der Waals surface area contributed by atoms with E-state index in [-0.39, 0.29) is 11.3 Å². The molecule has 0 aliphatic heterocycles. The van der Waals surface area contributed by atoms with E-state index in [1.807, 2.05) is 0 Å². The molecule has 1 heterocycles. The van der Waals surface area contributed by atoms with Crippen LogP contribution in [-0.4, -0.2) is 18.0 Å². The van der Waals surface area contributed by atoms with Gasteiger partial charge in [0.2, 0.25) is 0 Å². The Balaban J connectivity index is 2.28. The average molecular weight is 296 g/mol. The van der Waals surface area contributed by atoms with Gasteiger partial charge in [0.1, 0.15) is 5.75 Å². The van der Waals surface area contributed by atoms with Crippen LogP contribution < -0.4 is 10.1 Å². The summed E-state index contributed by atoms with van der Waals surface area (Å²) in [5, 5.41) is 2.23. The van der Waals surface area contributed by atoms with Crippen LogP contribution in [0.15, 0.2) is 42.7 Å². The fraction of sp³-hybridized carbons (Fsp3) is 0.143. The van der Waals surface area contributed by atoms with Crippen molar-refractivity contribution in [3.05, 3.63) is 53.9 Å². The van der Waals surface area contributed by atoms with Crippen molar-refractivity contribution in [2.24, 2.45) is 0 Å². The van der Waals surface area contributed by atoms with E-state index >= 15 is 0 Å². The van der Waals surface area contributed by atoms with Gasteiger partial charge in [0.25, 0.3) is 5.91 Å². The fourth-order valence-electron chi connectivity index (χ4n) is 1.69. The van der Waals surface area contributed by atoms with Gasteiger partial charge >= 0.3 is 6.18 Å². The monoisotopic (exact) mass is 296 g/mol. The van der Waals surface area contributed by atoms with Crippen LogP contribution in [0.2, 0.25) is 0 Å². The van der Waals surface area contributed by atoms with Crippen molar-refractivity contribution in [3.63, 3.8) is 0 Å². The van der Waals surface area contributed by atoms with Gasteiger partial charge in [-0.2, -0.15) is 13.2 Å². The number of para-hydroxylation sites is 1. The lowest BCUT2D eigenvalue weighted by molar-refractivity contribution is -0.136. The predicted molar refractivity (Wildman–Crippen MR) is 70.2 cm³/mol. The second-order valence-corrected chi connectivity index (χ2v) is 4.11. The van der Waals surface area contributed by atoms with Gasteiger partial charge in [-0.1, -0.05) is 12.1 Å². The molecule has 1 aromatic carbocycles. The third-order valence-corrected chi connectivity index (χ3v) is 2.69. The summed E-state index contributed by atoms with van der Waals surface area (Å²) >= 11 is 0. The average Bonchev–Trinajstić information content (AvgIpc) is 2.46. The van der Waals surface area contributed by atoms with Gasteiger partial charge in [-0.25, -0.2) is 0 Å². The number of nitrogens with zero attached hydrogens (tertiary/aromatic N) is 1. The molecule has 0 saturated heterocycles. The molecule has 1 aromatic heterocycles. The lowest BCUT2D eigenvalue weighted by atomic mass is 10.1. The van der Waals surface area contributed by atoms with E-state index < -0.39 is 17.6 Å². The van der Waals surface area contributed by atoms with Crippen molar-refractivity contribution in [2.75, 3.05) is 12.4 Å². The van der Waals surface area contributed by atoms with Gasteiger partial charge in [0, 0.05) is 6.20 Å². The number of carbonyl (C=O) groups excluding carboxylic acids is 1. The summed E-state index contributed by atoms with van der Waals surface area (Å²) in [6, 6.07) is 6.15. The van der Waals surface area contributed by atoms with Crippen molar-refractivity contribution in [1.82, 2.24) is 4.98 Å². The molecule has 0 atom stereocenters. The highest BCUT2D eigenvalue weighted by molar-refractivity contribution is 6.04. The second kappa shape index (κ2) is 5.82. The topological polar surface area (TPSA) is 51.2 Å². The lowest BCUT2D eigenvalue weighted by Crippen LogP contribution is -2.16. The Labute approximate surface area is 118 Å². The molecule has 0 spiro atoms. The summed E-state index contributed by atoms with van der Waals surface area (Å²) in [7, 11) is 1.40. The number of ether oxygens (including phenoxy) is 1. The highest BCUT2D eigenvalue weighted by Gasteiger charge is 2.33. The first-order chi connectivity index (χ1) is 9.91. The third-order valence-electron chi connectivity index (χ3n) is 2.69. The summed E-state index contributed by atoms with van der Waals surface area (Å²) in [6.07, 6.45) is -1.91. The molecule has 0 saturated carbocycles. The summed E-state index contributed by atoms with van der Waals surface area (Å²) in [5.74, 6) is -0.357. The lowest BCUT2D eigenvalue weighted by Gasteiger charge is -2.13. The SMILES string of the molecule is COc1cncc(C(=O)Nc2ccccc2C(F)(F)F)c1. The maximum Gasteiger partial charge on any atom is 0.418 e.